The molecule has 172 valence electrons. The van der Waals surface area contributed by atoms with Gasteiger partial charge in [-0.05, 0) is 62.6 Å². The van der Waals surface area contributed by atoms with E-state index in [4.69, 9.17) is 4.74 Å². The van der Waals surface area contributed by atoms with E-state index in [0.29, 0.717) is 17.0 Å². The number of thiazole rings is 1. The van der Waals surface area contributed by atoms with E-state index in [1.165, 1.54) is 36.7 Å². The van der Waals surface area contributed by atoms with Gasteiger partial charge in [-0.2, -0.15) is 0 Å². The number of nitrogens with one attached hydrogen (secondary N) is 1. The third-order valence-corrected chi connectivity index (χ3v) is 7.29. The molecule has 0 unspecified atom stereocenters. The molecule has 1 aliphatic rings. The molecule has 1 N–H and O–H groups in total. The van der Waals surface area contributed by atoms with Gasteiger partial charge in [0.2, 0.25) is 0 Å². The van der Waals surface area contributed by atoms with Crippen molar-refractivity contribution in [3.8, 4) is 0 Å². The van der Waals surface area contributed by atoms with Gasteiger partial charge in [-0.3, -0.25) is 4.79 Å². The Hall–Kier alpha value is -2.84. The van der Waals surface area contributed by atoms with Gasteiger partial charge in [0.1, 0.15) is 0 Å². The molecule has 0 bridgehead atoms. The van der Waals surface area contributed by atoms with Crippen molar-refractivity contribution in [2.45, 2.75) is 36.8 Å². The Labute approximate surface area is 202 Å². The van der Waals surface area contributed by atoms with E-state index in [1.54, 1.807) is 23.5 Å². The van der Waals surface area contributed by atoms with E-state index in [9.17, 15) is 9.59 Å². The zero-order valence-corrected chi connectivity index (χ0v) is 20.2. The average Bonchev–Trinajstić information content (AvgIpc) is 3.27. The van der Waals surface area contributed by atoms with Crippen LogP contribution in [0.15, 0.2) is 58.8 Å². The molecule has 1 aromatic heterocycles. The minimum absolute atomic E-state index is 0.336. The third kappa shape index (κ3) is 6.58. The Morgan fingerprint density at radius 2 is 1.85 bits per heavy atom. The molecular weight excluding hydrogens is 454 g/mol. The molecule has 2 aromatic carbocycles. The van der Waals surface area contributed by atoms with E-state index in [-0.39, 0.29) is 12.5 Å². The van der Waals surface area contributed by atoms with Crippen LogP contribution in [-0.4, -0.2) is 36.6 Å². The van der Waals surface area contributed by atoms with Crippen LogP contribution in [0.3, 0.4) is 0 Å². The second-order valence-electron chi connectivity index (χ2n) is 7.86. The summed E-state index contributed by atoms with van der Waals surface area (Å²) < 4.78 is 5.29. The molecule has 1 saturated heterocycles. The van der Waals surface area contributed by atoms with E-state index < -0.39 is 5.97 Å². The summed E-state index contributed by atoms with van der Waals surface area (Å²) in [4.78, 5) is 32.6. The predicted octanol–water partition coefficient (Wildman–Crippen LogP) is 5.53. The highest BCUT2D eigenvalue weighted by Crippen LogP contribution is 2.27. The fourth-order valence-corrected chi connectivity index (χ4v) is 5.35. The zero-order chi connectivity index (χ0) is 23.0. The van der Waals surface area contributed by atoms with Crippen LogP contribution >= 0.6 is 23.1 Å². The van der Waals surface area contributed by atoms with Crippen LogP contribution in [0.2, 0.25) is 0 Å². The lowest BCUT2D eigenvalue weighted by atomic mass is 10.1. The summed E-state index contributed by atoms with van der Waals surface area (Å²) in [5.74, 6) is -0.206. The number of aryl methyl sites for hydroxylation is 1. The Bertz CT molecular complexity index is 1090. The lowest BCUT2D eigenvalue weighted by molar-refractivity contribution is -0.119. The number of anilines is 2. The number of amides is 1. The molecule has 0 atom stereocenters. The molecule has 0 radical (unpaired) electrons. The summed E-state index contributed by atoms with van der Waals surface area (Å²) in [6.07, 6.45) is 3.73. The number of carbonyl (C=O) groups excluding carboxylic acids is 2. The number of aromatic nitrogens is 1. The number of hydrogen-bond donors (Lipinski definition) is 1. The molecule has 1 fully saturated rings. The van der Waals surface area contributed by atoms with Gasteiger partial charge in [0, 0.05) is 40.5 Å². The van der Waals surface area contributed by atoms with Gasteiger partial charge in [0.25, 0.3) is 5.91 Å². The molecular formula is C25H27N3O3S2. The lowest BCUT2D eigenvalue weighted by Gasteiger charge is -2.28. The van der Waals surface area contributed by atoms with Crippen LogP contribution in [0.25, 0.3) is 0 Å². The Kier molecular flexibility index (Phi) is 8.01. The number of hydrogen-bond acceptors (Lipinski definition) is 7. The van der Waals surface area contributed by atoms with E-state index in [2.05, 4.69) is 15.2 Å². The quantitative estimate of drug-likeness (QED) is 0.337. The SMILES string of the molecule is Cc1nc(CSc2ccccc2C(=O)OCC(=O)Nc2ccc(N3CCCCC3)cc2)cs1. The Balaban J connectivity index is 1.28. The molecule has 1 aliphatic heterocycles. The van der Waals surface area contributed by atoms with Crippen molar-refractivity contribution in [3.63, 3.8) is 0 Å². The van der Waals surface area contributed by atoms with Gasteiger partial charge in [-0.25, -0.2) is 9.78 Å². The number of rotatable bonds is 8. The lowest BCUT2D eigenvalue weighted by Crippen LogP contribution is -2.29. The zero-order valence-electron chi connectivity index (χ0n) is 18.6. The van der Waals surface area contributed by atoms with Crippen LogP contribution in [0.5, 0.6) is 0 Å². The van der Waals surface area contributed by atoms with Gasteiger partial charge < -0.3 is 15.0 Å². The minimum atomic E-state index is -0.511. The summed E-state index contributed by atoms with van der Waals surface area (Å²) in [7, 11) is 0. The first kappa shape index (κ1) is 23.3. The molecule has 6 nitrogen and oxygen atoms in total. The van der Waals surface area contributed by atoms with Crippen molar-refractivity contribution in [2.24, 2.45) is 0 Å². The largest absolute Gasteiger partial charge is 0.452 e. The predicted molar refractivity (Wildman–Crippen MR) is 134 cm³/mol. The van der Waals surface area contributed by atoms with E-state index >= 15 is 0 Å². The topological polar surface area (TPSA) is 71.5 Å². The molecule has 0 aliphatic carbocycles. The molecule has 8 heteroatoms. The van der Waals surface area contributed by atoms with Crippen LogP contribution < -0.4 is 10.2 Å². The monoisotopic (exact) mass is 481 g/mol. The van der Waals surface area contributed by atoms with Crippen molar-refractivity contribution >= 4 is 46.3 Å². The number of benzene rings is 2. The standard InChI is InChI=1S/C25H27N3O3S2/c1-18-26-20(16-32-18)17-33-23-8-4-3-7-22(23)25(30)31-15-24(29)27-19-9-11-21(12-10-19)28-13-5-2-6-14-28/h3-4,7-12,16H,2,5-6,13-15,17H2,1H3,(H,27,29). The maximum Gasteiger partial charge on any atom is 0.339 e. The molecule has 3 aromatic rings. The van der Waals surface area contributed by atoms with E-state index in [0.717, 1.165) is 28.7 Å². The number of piperidine rings is 1. The van der Waals surface area contributed by atoms with E-state index in [1.807, 2.05) is 48.7 Å². The third-order valence-electron chi connectivity index (χ3n) is 5.36. The fourth-order valence-electron chi connectivity index (χ4n) is 3.70. The van der Waals surface area contributed by atoms with Crippen LogP contribution in [0.1, 0.15) is 40.3 Å². The normalized spacial score (nSPS) is 13.5. The minimum Gasteiger partial charge on any atom is -0.452 e. The summed E-state index contributed by atoms with van der Waals surface area (Å²) in [5.41, 5.74) is 3.29. The fraction of sp³-hybridized carbons (Fsp3) is 0.320. The molecule has 33 heavy (non-hydrogen) atoms. The first-order chi connectivity index (χ1) is 16.1. The Morgan fingerprint density at radius 1 is 1.09 bits per heavy atom. The molecule has 4 rings (SSSR count). The maximum absolute atomic E-state index is 12.6. The Morgan fingerprint density at radius 3 is 2.58 bits per heavy atom. The highest BCUT2D eigenvalue weighted by atomic mass is 32.2. The smallest absolute Gasteiger partial charge is 0.339 e. The number of ether oxygens (including phenoxy) is 1. The second-order valence-corrected chi connectivity index (χ2v) is 9.94. The first-order valence-corrected chi connectivity index (χ1v) is 12.9. The summed E-state index contributed by atoms with van der Waals surface area (Å²) >= 11 is 3.14. The highest BCUT2D eigenvalue weighted by Gasteiger charge is 2.16. The molecule has 0 spiro atoms. The van der Waals surface area contributed by atoms with Gasteiger partial charge in [0.05, 0.1) is 16.3 Å². The first-order valence-electron chi connectivity index (χ1n) is 11.0. The van der Waals surface area contributed by atoms with Gasteiger partial charge >= 0.3 is 5.97 Å². The van der Waals surface area contributed by atoms with Gasteiger partial charge in [-0.15, -0.1) is 23.1 Å². The second kappa shape index (κ2) is 11.3. The van der Waals surface area contributed by atoms with Crippen molar-refractivity contribution in [3.05, 3.63) is 70.2 Å². The summed E-state index contributed by atoms with van der Waals surface area (Å²) in [5, 5.41) is 5.83. The molecule has 2 heterocycles. The number of thioether (sulfide) groups is 1. The molecule has 1 amide bonds. The van der Waals surface area contributed by atoms with Gasteiger partial charge in [-0.1, -0.05) is 12.1 Å². The van der Waals surface area contributed by atoms with Crippen LogP contribution in [0, 0.1) is 6.92 Å². The summed E-state index contributed by atoms with van der Waals surface area (Å²) in [6.45, 7) is 3.78. The van der Waals surface area contributed by atoms with Crippen LogP contribution in [-0.2, 0) is 15.3 Å². The summed E-state index contributed by atoms with van der Waals surface area (Å²) in [6, 6.07) is 15.1. The number of esters is 1. The number of carbonyl (C=O) groups is 2. The van der Waals surface area contributed by atoms with Crippen molar-refractivity contribution in [1.82, 2.24) is 4.98 Å². The van der Waals surface area contributed by atoms with Crippen molar-refractivity contribution < 1.29 is 14.3 Å². The average molecular weight is 482 g/mol. The van der Waals surface area contributed by atoms with Crippen molar-refractivity contribution in [2.75, 3.05) is 29.9 Å². The van der Waals surface area contributed by atoms with Crippen molar-refractivity contribution in [1.29, 1.82) is 0 Å². The van der Waals surface area contributed by atoms with Crippen LogP contribution in [0.4, 0.5) is 11.4 Å². The highest BCUT2D eigenvalue weighted by molar-refractivity contribution is 7.98. The molecule has 0 saturated carbocycles. The van der Waals surface area contributed by atoms with Gasteiger partial charge in [0.15, 0.2) is 6.61 Å². The maximum atomic E-state index is 12.6. The number of nitrogens with zero attached hydrogens (tertiary/aromatic N) is 2.